The summed E-state index contributed by atoms with van der Waals surface area (Å²) in [4.78, 5) is 3.77. The molecule has 0 aliphatic carbocycles. The van der Waals surface area contributed by atoms with Crippen molar-refractivity contribution >= 4 is 0 Å². The Morgan fingerprint density at radius 2 is 1.45 bits per heavy atom. The highest BCUT2D eigenvalue weighted by atomic mass is 19.4. The van der Waals surface area contributed by atoms with E-state index in [0.717, 1.165) is 39.0 Å². The Kier molecular flexibility index (Phi) is 6.75. The lowest BCUT2D eigenvalue weighted by molar-refractivity contribution is -0.149. The van der Waals surface area contributed by atoms with Crippen LogP contribution in [0.5, 0.6) is 0 Å². The largest absolute Gasteiger partial charge is 0.401 e. The summed E-state index contributed by atoms with van der Waals surface area (Å²) in [7, 11) is 0. The van der Waals surface area contributed by atoms with Gasteiger partial charge in [-0.05, 0) is 46.7 Å². The zero-order valence-electron chi connectivity index (χ0n) is 12.9. The molecule has 1 heterocycles. The van der Waals surface area contributed by atoms with E-state index in [2.05, 4.69) is 31.0 Å². The maximum Gasteiger partial charge on any atom is 0.401 e. The van der Waals surface area contributed by atoms with E-state index < -0.39 is 12.7 Å². The number of piperazine rings is 1. The van der Waals surface area contributed by atoms with Crippen LogP contribution in [0.2, 0.25) is 0 Å². The van der Waals surface area contributed by atoms with Crippen LogP contribution in [-0.2, 0) is 0 Å². The van der Waals surface area contributed by atoms with E-state index in [4.69, 9.17) is 0 Å². The van der Waals surface area contributed by atoms with Crippen molar-refractivity contribution in [3.63, 3.8) is 0 Å². The minimum atomic E-state index is -4.07. The highest BCUT2D eigenvalue weighted by Crippen LogP contribution is 2.17. The van der Waals surface area contributed by atoms with Gasteiger partial charge in [0.15, 0.2) is 0 Å². The molecule has 1 saturated heterocycles. The van der Waals surface area contributed by atoms with Gasteiger partial charge in [-0.2, -0.15) is 13.2 Å². The quantitative estimate of drug-likeness (QED) is 0.759. The molecule has 0 aromatic carbocycles. The zero-order valence-corrected chi connectivity index (χ0v) is 12.9. The fourth-order valence-electron chi connectivity index (χ4n) is 2.35. The van der Waals surface area contributed by atoms with Gasteiger partial charge in [-0.1, -0.05) is 0 Å². The summed E-state index contributed by atoms with van der Waals surface area (Å²) in [5.74, 6) is 0. The van der Waals surface area contributed by atoms with Gasteiger partial charge in [0.2, 0.25) is 0 Å². The van der Waals surface area contributed by atoms with Crippen molar-refractivity contribution in [1.82, 2.24) is 15.1 Å². The first-order chi connectivity index (χ1) is 9.16. The van der Waals surface area contributed by atoms with Gasteiger partial charge in [0.1, 0.15) is 0 Å². The summed E-state index contributed by atoms with van der Waals surface area (Å²) in [6.07, 6.45) is -1.86. The average molecular weight is 295 g/mol. The molecule has 0 unspecified atom stereocenters. The van der Waals surface area contributed by atoms with Crippen molar-refractivity contribution in [2.45, 2.75) is 45.3 Å². The van der Waals surface area contributed by atoms with Gasteiger partial charge in [0.05, 0.1) is 6.54 Å². The standard InChI is InChI=1S/C14H28F3N3/c1-13(2,3)18-6-4-5-7-19-8-10-20(11-9-19)12-14(15,16)17/h18H,4-12H2,1-3H3. The summed E-state index contributed by atoms with van der Waals surface area (Å²) in [6.45, 7) is 10.2. The van der Waals surface area contributed by atoms with Gasteiger partial charge in [0.25, 0.3) is 0 Å². The third-order valence-electron chi connectivity index (χ3n) is 3.42. The average Bonchev–Trinajstić information content (AvgIpc) is 2.27. The highest BCUT2D eigenvalue weighted by molar-refractivity contribution is 4.74. The van der Waals surface area contributed by atoms with Crippen LogP contribution in [0.15, 0.2) is 0 Å². The monoisotopic (exact) mass is 295 g/mol. The first kappa shape index (κ1) is 17.7. The summed E-state index contributed by atoms with van der Waals surface area (Å²) in [6, 6.07) is 0. The van der Waals surface area contributed by atoms with Crippen LogP contribution in [0.4, 0.5) is 13.2 Å². The van der Waals surface area contributed by atoms with Crippen LogP contribution in [0.1, 0.15) is 33.6 Å². The molecule has 0 atom stereocenters. The van der Waals surface area contributed by atoms with E-state index in [1.165, 1.54) is 4.90 Å². The minimum absolute atomic E-state index is 0.156. The number of hydrogen-bond acceptors (Lipinski definition) is 3. The Morgan fingerprint density at radius 1 is 0.900 bits per heavy atom. The lowest BCUT2D eigenvalue weighted by Crippen LogP contribution is -2.49. The molecular formula is C14H28F3N3. The summed E-state index contributed by atoms with van der Waals surface area (Å²) < 4.78 is 36.8. The number of rotatable bonds is 6. The molecule has 0 spiro atoms. The van der Waals surface area contributed by atoms with Gasteiger partial charge in [-0.3, -0.25) is 4.90 Å². The van der Waals surface area contributed by atoms with E-state index in [-0.39, 0.29) is 5.54 Å². The van der Waals surface area contributed by atoms with Crippen molar-refractivity contribution in [2.75, 3.05) is 45.8 Å². The van der Waals surface area contributed by atoms with E-state index in [9.17, 15) is 13.2 Å². The Labute approximate surface area is 120 Å². The number of nitrogens with one attached hydrogen (secondary N) is 1. The Bertz CT molecular complexity index is 266. The van der Waals surface area contributed by atoms with Crippen LogP contribution in [-0.4, -0.2) is 67.3 Å². The molecule has 0 aromatic heterocycles. The Hall–Kier alpha value is -0.330. The molecule has 0 aromatic rings. The van der Waals surface area contributed by atoms with E-state index in [1.54, 1.807) is 0 Å². The SMILES string of the molecule is CC(C)(C)NCCCCN1CCN(CC(F)(F)F)CC1. The normalized spacial score (nSPS) is 19.5. The first-order valence-corrected chi connectivity index (χ1v) is 7.42. The first-order valence-electron chi connectivity index (χ1n) is 7.42. The van der Waals surface area contributed by atoms with Gasteiger partial charge in [0, 0.05) is 31.7 Å². The number of halogens is 3. The van der Waals surface area contributed by atoms with Crippen LogP contribution >= 0.6 is 0 Å². The third kappa shape index (κ3) is 8.76. The molecular weight excluding hydrogens is 267 g/mol. The molecule has 3 nitrogen and oxygen atoms in total. The zero-order chi connectivity index (χ0) is 15.2. The molecule has 0 saturated carbocycles. The second-order valence-electron chi connectivity index (χ2n) is 6.62. The van der Waals surface area contributed by atoms with Crippen LogP contribution in [0.3, 0.4) is 0 Å². The predicted octanol–water partition coefficient (Wildman–Crippen LogP) is 2.33. The summed E-state index contributed by atoms with van der Waals surface area (Å²) >= 11 is 0. The predicted molar refractivity (Wildman–Crippen MR) is 75.9 cm³/mol. The third-order valence-corrected chi connectivity index (χ3v) is 3.42. The molecule has 1 aliphatic rings. The lowest BCUT2D eigenvalue weighted by atomic mass is 10.1. The van der Waals surface area contributed by atoms with Crippen LogP contribution in [0, 0.1) is 0 Å². The topological polar surface area (TPSA) is 18.5 Å². The second kappa shape index (κ2) is 7.61. The van der Waals surface area contributed by atoms with Gasteiger partial charge >= 0.3 is 6.18 Å². The summed E-state index contributed by atoms with van der Waals surface area (Å²) in [5, 5.41) is 3.44. The fourth-order valence-corrected chi connectivity index (χ4v) is 2.35. The molecule has 0 amide bonds. The summed E-state index contributed by atoms with van der Waals surface area (Å²) in [5.41, 5.74) is 0.156. The molecule has 1 N–H and O–H groups in total. The Balaban J connectivity index is 2.05. The fraction of sp³-hybridized carbons (Fsp3) is 1.00. The second-order valence-corrected chi connectivity index (χ2v) is 6.62. The molecule has 1 rings (SSSR count). The van der Waals surface area contributed by atoms with Crippen LogP contribution in [0.25, 0.3) is 0 Å². The molecule has 1 fully saturated rings. The molecule has 120 valence electrons. The molecule has 6 heteroatoms. The highest BCUT2D eigenvalue weighted by Gasteiger charge is 2.31. The number of alkyl halides is 3. The maximum absolute atomic E-state index is 12.3. The number of hydrogen-bond donors (Lipinski definition) is 1. The van der Waals surface area contributed by atoms with Gasteiger partial charge < -0.3 is 10.2 Å². The molecule has 0 radical (unpaired) electrons. The molecule has 20 heavy (non-hydrogen) atoms. The van der Waals surface area contributed by atoms with Gasteiger partial charge in [-0.15, -0.1) is 0 Å². The van der Waals surface area contributed by atoms with Crippen molar-refractivity contribution in [3.05, 3.63) is 0 Å². The minimum Gasteiger partial charge on any atom is -0.312 e. The molecule has 1 aliphatic heterocycles. The lowest BCUT2D eigenvalue weighted by Gasteiger charge is -2.35. The van der Waals surface area contributed by atoms with Crippen molar-refractivity contribution < 1.29 is 13.2 Å². The number of unbranched alkanes of at least 4 members (excludes halogenated alkanes) is 1. The van der Waals surface area contributed by atoms with E-state index in [0.29, 0.717) is 13.1 Å². The van der Waals surface area contributed by atoms with Crippen molar-refractivity contribution in [3.8, 4) is 0 Å². The van der Waals surface area contributed by atoms with Crippen molar-refractivity contribution in [1.29, 1.82) is 0 Å². The number of nitrogens with zero attached hydrogens (tertiary/aromatic N) is 2. The maximum atomic E-state index is 12.3. The van der Waals surface area contributed by atoms with Crippen molar-refractivity contribution in [2.24, 2.45) is 0 Å². The molecule has 0 bridgehead atoms. The van der Waals surface area contributed by atoms with E-state index >= 15 is 0 Å². The van der Waals surface area contributed by atoms with E-state index in [1.807, 2.05) is 0 Å². The van der Waals surface area contributed by atoms with Crippen LogP contribution < -0.4 is 5.32 Å². The smallest absolute Gasteiger partial charge is 0.312 e. The van der Waals surface area contributed by atoms with Gasteiger partial charge in [-0.25, -0.2) is 0 Å². The Morgan fingerprint density at radius 3 is 1.95 bits per heavy atom.